The normalized spacial score (nSPS) is 18.3. The van der Waals surface area contributed by atoms with Crippen LogP contribution in [0.25, 0.3) is 0 Å². The molecule has 4 nitrogen and oxygen atoms in total. The van der Waals surface area contributed by atoms with Crippen molar-refractivity contribution >= 4 is 21.7 Å². The van der Waals surface area contributed by atoms with E-state index in [1.54, 1.807) is 0 Å². The molecule has 2 rings (SSSR count). The van der Waals surface area contributed by atoms with Gasteiger partial charge in [-0.2, -0.15) is 0 Å². The average Bonchev–Trinajstić information content (AvgIpc) is 2.22. The molecule has 2 N–H and O–H groups in total. The number of anilines is 1. The molecule has 0 amide bonds. The van der Waals surface area contributed by atoms with Crippen LogP contribution in [0.4, 0.5) is 5.82 Å². The van der Waals surface area contributed by atoms with Gasteiger partial charge in [-0.1, -0.05) is 20.8 Å². The number of hydrogen-bond donors (Lipinski definition) is 2. The molecule has 100 valence electrons. The lowest BCUT2D eigenvalue weighted by Gasteiger charge is -2.36. The second-order valence-electron chi connectivity index (χ2n) is 6.08. The fraction of sp³-hybridized carbons (Fsp3) is 0.692. The van der Waals surface area contributed by atoms with Crippen molar-refractivity contribution in [3.8, 4) is 0 Å². The molecule has 1 aliphatic carbocycles. The van der Waals surface area contributed by atoms with E-state index in [-0.39, 0.29) is 5.41 Å². The minimum absolute atomic E-state index is 0.0897. The predicted octanol–water partition coefficient (Wildman–Crippen LogP) is 2.86. The summed E-state index contributed by atoms with van der Waals surface area (Å²) < 4.78 is 0.769. The Labute approximate surface area is 116 Å². The molecule has 0 unspecified atom stereocenters. The van der Waals surface area contributed by atoms with Crippen LogP contribution in [0.15, 0.2) is 10.7 Å². The molecular weight excluding hydrogens is 294 g/mol. The van der Waals surface area contributed by atoms with Crippen LogP contribution in [0, 0.1) is 0 Å². The highest BCUT2D eigenvalue weighted by Gasteiger charge is 2.34. The quantitative estimate of drug-likeness (QED) is 0.842. The van der Waals surface area contributed by atoms with Gasteiger partial charge < -0.3 is 10.4 Å². The van der Waals surface area contributed by atoms with Crippen molar-refractivity contribution in [3.63, 3.8) is 0 Å². The minimum atomic E-state index is -0.542. The first-order valence-corrected chi connectivity index (χ1v) is 7.09. The van der Waals surface area contributed by atoms with Gasteiger partial charge in [0.25, 0.3) is 0 Å². The molecule has 1 saturated carbocycles. The van der Waals surface area contributed by atoms with Crippen molar-refractivity contribution < 1.29 is 5.11 Å². The third-order valence-electron chi connectivity index (χ3n) is 3.25. The van der Waals surface area contributed by atoms with E-state index in [9.17, 15) is 5.11 Å². The second-order valence-corrected chi connectivity index (χ2v) is 6.89. The minimum Gasteiger partial charge on any atom is -0.388 e. The fourth-order valence-electron chi connectivity index (χ4n) is 1.86. The highest BCUT2D eigenvalue weighted by Crippen LogP contribution is 2.31. The molecule has 0 spiro atoms. The van der Waals surface area contributed by atoms with Gasteiger partial charge in [-0.3, -0.25) is 0 Å². The van der Waals surface area contributed by atoms with Crippen LogP contribution in [0.5, 0.6) is 0 Å². The molecule has 0 bridgehead atoms. The van der Waals surface area contributed by atoms with Gasteiger partial charge in [0.05, 0.1) is 5.60 Å². The van der Waals surface area contributed by atoms with Gasteiger partial charge >= 0.3 is 0 Å². The van der Waals surface area contributed by atoms with E-state index in [1.807, 2.05) is 6.07 Å². The largest absolute Gasteiger partial charge is 0.388 e. The van der Waals surface area contributed by atoms with E-state index in [4.69, 9.17) is 0 Å². The number of nitrogens with zero attached hydrogens (tertiary/aromatic N) is 2. The van der Waals surface area contributed by atoms with Gasteiger partial charge in [0.15, 0.2) is 0 Å². The van der Waals surface area contributed by atoms with Crippen molar-refractivity contribution in [2.24, 2.45) is 0 Å². The molecule has 0 saturated heterocycles. The van der Waals surface area contributed by atoms with Crippen LogP contribution in [0.3, 0.4) is 0 Å². The highest BCUT2D eigenvalue weighted by molar-refractivity contribution is 9.10. The van der Waals surface area contributed by atoms with Crippen LogP contribution >= 0.6 is 15.9 Å². The smallest absolute Gasteiger partial charge is 0.137 e. The van der Waals surface area contributed by atoms with Gasteiger partial charge in [-0.05, 0) is 35.2 Å². The van der Waals surface area contributed by atoms with E-state index >= 15 is 0 Å². The fourth-order valence-corrected chi connectivity index (χ4v) is 2.25. The molecule has 0 radical (unpaired) electrons. The van der Waals surface area contributed by atoms with Crippen molar-refractivity contribution in [1.29, 1.82) is 0 Å². The lowest BCUT2D eigenvalue weighted by Crippen LogP contribution is -2.43. The Morgan fingerprint density at radius 1 is 1.39 bits per heavy atom. The summed E-state index contributed by atoms with van der Waals surface area (Å²) in [6, 6.07) is 1.84. The maximum Gasteiger partial charge on any atom is 0.137 e. The summed E-state index contributed by atoms with van der Waals surface area (Å²) in [5.41, 5.74) is -0.632. The molecule has 0 atom stereocenters. The molecular formula is C13H20BrN3O. The zero-order valence-electron chi connectivity index (χ0n) is 11.1. The summed E-state index contributed by atoms with van der Waals surface area (Å²) in [6.45, 7) is 6.80. The maximum absolute atomic E-state index is 10.1. The van der Waals surface area contributed by atoms with Crippen LogP contribution < -0.4 is 5.32 Å². The van der Waals surface area contributed by atoms with Crippen LogP contribution in [0.1, 0.15) is 45.9 Å². The Hall–Kier alpha value is -0.680. The molecule has 1 aromatic rings. The van der Waals surface area contributed by atoms with E-state index in [0.29, 0.717) is 6.54 Å². The van der Waals surface area contributed by atoms with Crippen molar-refractivity contribution in [2.45, 2.75) is 51.0 Å². The predicted molar refractivity (Wildman–Crippen MR) is 75.7 cm³/mol. The van der Waals surface area contributed by atoms with Gasteiger partial charge in [-0.15, -0.1) is 0 Å². The summed E-state index contributed by atoms with van der Waals surface area (Å²) in [6.07, 6.45) is 2.86. The summed E-state index contributed by atoms with van der Waals surface area (Å²) in [5, 5.41) is 13.3. The molecule has 0 aliphatic heterocycles. The highest BCUT2D eigenvalue weighted by atomic mass is 79.9. The topological polar surface area (TPSA) is 58.0 Å². The first-order valence-electron chi connectivity index (χ1n) is 6.30. The summed E-state index contributed by atoms with van der Waals surface area (Å²) in [4.78, 5) is 8.89. The zero-order valence-corrected chi connectivity index (χ0v) is 12.7. The molecule has 1 aliphatic rings. The number of rotatable bonds is 3. The van der Waals surface area contributed by atoms with E-state index in [1.165, 1.54) is 0 Å². The Kier molecular flexibility index (Phi) is 3.65. The molecule has 5 heteroatoms. The maximum atomic E-state index is 10.1. The Morgan fingerprint density at radius 3 is 2.56 bits per heavy atom. The van der Waals surface area contributed by atoms with E-state index in [2.05, 4.69) is 52.0 Å². The first-order chi connectivity index (χ1) is 8.28. The summed E-state index contributed by atoms with van der Waals surface area (Å²) in [7, 11) is 0. The zero-order chi connectivity index (χ0) is 13.4. The number of aliphatic hydroxyl groups is 1. The van der Waals surface area contributed by atoms with Crippen molar-refractivity contribution in [3.05, 3.63) is 16.5 Å². The average molecular weight is 314 g/mol. The van der Waals surface area contributed by atoms with Crippen LogP contribution in [-0.2, 0) is 5.41 Å². The molecule has 1 fully saturated rings. The third-order valence-corrected chi connectivity index (χ3v) is 3.65. The Bertz CT molecular complexity index is 438. The Balaban J connectivity index is 2.10. The van der Waals surface area contributed by atoms with Gasteiger partial charge in [0.2, 0.25) is 0 Å². The number of halogens is 1. The number of nitrogens with one attached hydrogen (secondary N) is 1. The lowest BCUT2D eigenvalue weighted by atomic mass is 9.80. The summed E-state index contributed by atoms with van der Waals surface area (Å²) in [5.74, 6) is 1.56. The number of hydrogen-bond acceptors (Lipinski definition) is 4. The number of aromatic nitrogens is 2. The van der Waals surface area contributed by atoms with Crippen molar-refractivity contribution in [1.82, 2.24) is 9.97 Å². The van der Waals surface area contributed by atoms with E-state index < -0.39 is 5.60 Å². The molecule has 0 aromatic carbocycles. The molecule has 1 heterocycles. The molecule has 1 aromatic heterocycles. The standard InChI is InChI=1S/C13H20BrN3O/c1-12(2,3)11-16-9(14)7-10(17-11)15-8-13(18)5-4-6-13/h7,18H,4-6,8H2,1-3H3,(H,15,16,17). The summed E-state index contributed by atoms with van der Waals surface area (Å²) >= 11 is 3.40. The van der Waals surface area contributed by atoms with Gasteiger partial charge in [0, 0.05) is 18.0 Å². The third kappa shape index (κ3) is 3.20. The second kappa shape index (κ2) is 4.78. The van der Waals surface area contributed by atoms with Crippen LogP contribution in [0.2, 0.25) is 0 Å². The molecule has 18 heavy (non-hydrogen) atoms. The van der Waals surface area contributed by atoms with Crippen molar-refractivity contribution in [2.75, 3.05) is 11.9 Å². The first kappa shape index (κ1) is 13.7. The monoisotopic (exact) mass is 313 g/mol. The van der Waals surface area contributed by atoms with Gasteiger partial charge in [0.1, 0.15) is 16.2 Å². The van der Waals surface area contributed by atoms with Gasteiger partial charge in [-0.25, -0.2) is 9.97 Å². The SMILES string of the molecule is CC(C)(C)c1nc(Br)cc(NCC2(O)CCC2)n1. The van der Waals surface area contributed by atoms with E-state index in [0.717, 1.165) is 35.5 Å². The van der Waals surface area contributed by atoms with Crippen LogP contribution in [-0.4, -0.2) is 27.2 Å². The Morgan fingerprint density at radius 2 is 2.06 bits per heavy atom. The lowest BCUT2D eigenvalue weighted by molar-refractivity contribution is -0.0202.